The van der Waals surface area contributed by atoms with Crippen LogP contribution in [0.2, 0.25) is 0 Å². The van der Waals surface area contributed by atoms with Crippen molar-refractivity contribution in [3.8, 4) is 23.8 Å². The molecule has 0 saturated carbocycles. The zero-order valence-corrected chi connectivity index (χ0v) is 24.7. The number of nitrogens with two attached hydrogens (primary N) is 4. The number of nitrogens with zero attached hydrogens (tertiary/aromatic N) is 7. The first-order valence-electron chi connectivity index (χ1n) is 12.7. The van der Waals surface area contributed by atoms with E-state index in [4.69, 9.17) is 28.1 Å². The van der Waals surface area contributed by atoms with Gasteiger partial charge in [-0.2, -0.15) is 30.7 Å². The molecule has 0 radical (unpaired) electrons. The molecule has 0 bridgehead atoms. The summed E-state index contributed by atoms with van der Waals surface area (Å²) in [6, 6.07) is 12.8. The Morgan fingerprint density at radius 1 is 0.909 bits per heavy atom. The molecule has 4 rings (SSSR count). The third-order valence-corrected chi connectivity index (χ3v) is 7.66. The zero-order valence-electron chi connectivity index (χ0n) is 23.1. The maximum absolute atomic E-state index is 11.7. The number of aromatic nitrogens is 4. The second-order valence-electron chi connectivity index (χ2n) is 8.47. The fourth-order valence-corrected chi connectivity index (χ4v) is 5.38. The molecule has 1 aliphatic rings. The van der Waals surface area contributed by atoms with Gasteiger partial charge in [-0.05, 0) is 25.0 Å². The Bertz CT molecular complexity index is 1670. The van der Waals surface area contributed by atoms with Crippen molar-refractivity contribution in [1.29, 1.82) is 10.5 Å². The van der Waals surface area contributed by atoms with E-state index in [1.165, 1.54) is 11.8 Å². The molecule has 1 aliphatic heterocycles. The summed E-state index contributed by atoms with van der Waals surface area (Å²) in [5, 5.41) is 26.1. The number of hydrogen-bond donors (Lipinski definition) is 8. The highest BCUT2D eigenvalue weighted by atomic mass is 32.2. The van der Waals surface area contributed by atoms with Crippen LogP contribution in [-0.4, -0.2) is 56.2 Å². The van der Waals surface area contributed by atoms with E-state index in [-0.39, 0.29) is 33.8 Å². The molecule has 12 N–H and O–H groups in total. The number of amidine groups is 2. The molecule has 0 amide bonds. The SMILES string of the molecule is N#Cc1c(SC/C(=N/N)NN)nc(=O)[nH]c1N1CCCC1.N#Cc1c(SC/C(=N/N)NN)nc(=O)[nH]c1Oc1ccccc1. The summed E-state index contributed by atoms with van der Waals surface area (Å²) in [5.41, 5.74) is 3.99. The maximum Gasteiger partial charge on any atom is 0.348 e. The zero-order chi connectivity index (χ0) is 31.9. The molecule has 230 valence electrons. The fourth-order valence-electron chi connectivity index (χ4n) is 3.65. The van der Waals surface area contributed by atoms with Crippen molar-refractivity contribution in [3.05, 3.63) is 62.4 Å². The fraction of sp³-hybridized carbons (Fsp3) is 0.250. The number of nitrogens with one attached hydrogen (secondary N) is 4. The maximum atomic E-state index is 11.7. The van der Waals surface area contributed by atoms with Gasteiger partial charge in [0.2, 0.25) is 5.88 Å². The Morgan fingerprint density at radius 3 is 1.93 bits per heavy atom. The van der Waals surface area contributed by atoms with Crippen LogP contribution in [0.1, 0.15) is 24.0 Å². The van der Waals surface area contributed by atoms with Gasteiger partial charge in [-0.25, -0.2) is 21.3 Å². The topological polar surface area (TPSA) is 304 Å². The number of anilines is 1. The van der Waals surface area contributed by atoms with Crippen LogP contribution < -0.4 is 55.2 Å². The molecular formula is C24H29N15O3S2. The van der Waals surface area contributed by atoms with Crippen LogP contribution >= 0.6 is 23.5 Å². The van der Waals surface area contributed by atoms with Gasteiger partial charge in [-0.1, -0.05) is 41.7 Å². The van der Waals surface area contributed by atoms with Crippen molar-refractivity contribution in [2.75, 3.05) is 29.5 Å². The molecular weight excluding hydrogens is 611 g/mol. The largest absolute Gasteiger partial charge is 0.439 e. The van der Waals surface area contributed by atoms with Crippen LogP contribution in [0.15, 0.2) is 60.2 Å². The van der Waals surface area contributed by atoms with E-state index in [0.29, 0.717) is 28.0 Å². The molecule has 0 unspecified atom stereocenters. The van der Waals surface area contributed by atoms with Crippen LogP contribution in [0.4, 0.5) is 5.82 Å². The van der Waals surface area contributed by atoms with Gasteiger partial charge in [-0.15, -0.1) is 0 Å². The second kappa shape index (κ2) is 17.0. The lowest BCUT2D eigenvalue weighted by Gasteiger charge is -2.19. The highest BCUT2D eigenvalue weighted by Gasteiger charge is 2.21. The van der Waals surface area contributed by atoms with E-state index in [1.54, 1.807) is 24.3 Å². The summed E-state index contributed by atoms with van der Waals surface area (Å²) in [6.45, 7) is 1.64. The number of aromatic amines is 2. The Hall–Kier alpha value is -5.28. The summed E-state index contributed by atoms with van der Waals surface area (Å²) >= 11 is 2.26. The van der Waals surface area contributed by atoms with Gasteiger partial charge in [0.05, 0.1) is 11.5 Å². The van der Waals surface area contributed by atoms with E-state index in [1.807, 2.05) is 17.0 Å². The molecule has 3 heterocycles. The Morgan fingerprint density at radius 2 is 1.43 bits per heavy atom. The van der Waals surface area contributed by atoms with Crippen LogP contribution in [0, 0.1) is 22.7 Å². The van der Waals surface area contributed by atoms with Crippen molar-refractivity contribution in [2.45, 2.75) is 22.9 Å². The van der Waals surface area contributed by atoms with Gasteiger partial charge >= 0.3 is 11.4 Å². The number of hydrazone groups is 2. The molecule has 2 aromatic heterocycles. The molecule has 0 aliphatic carbocycles. The minimum Gasteiger partial charge on any atom is -0.439 e. The minimum atomic E-state index is -0.635. The first kappa shape index (κ1) is 33.2. The average molecular weight is 640 g/mol. The average Bonchev–Trinajstić information content (AvgIpc) is 3.58. The molecule has 20 heteroatoms. The molecule has 18 nitrogen and oxygen atoms in total. The number of hydrazine groups is 2. The van der Waals surface area contributed by atoms with Crippen LogP contribution in [0.25, 0.3) is 0 Å². The van der Waals surface area contributed by atoms with Gasteiger partial charge < -0.3 is 32.2 Å². The minimum absolute atomic E-state index is 0.0214. The number of rotatable bonds is 9. The lowest BCUT2D eigenvalue weighted by Crippen LogP contribution is -2.33. The Kier molecular flexibility index (Phi) is 12.8. The van der Waals surface area contributed by atoms with E-state index in [9.17, 15) is 20.1 Å². The monoisotopic (exact) mass is 639 g/mol. The summed E-state index contributed by atoms with van der Waals surface area (Å²) in [6.07, 6.45) is 2.08. The van der Waals surface area contributed by atoms with Crippen molar-refractivity contribution in [2.24, 2.45) is 33.6 Å². The normalized spacial score (nSPS) is 12.9. The van der Waals surface area contributed by atoms with E-state index >= 15 is 0 Å². The predicted octanol–water partition coefficient (Wildman–Crippen LogP) is -0.669. The van der Waals surface area contributed by atoms with E-state index < -0.39 is 11.4 Å². The smallest absolute Gasteiger partial charge is 0.348 e. The molecule has 1 saturated heterocycles. The highest BCUT2D eigenvalue weighted by molar-refractivity contribution is 8.00. The van der Waals surface area contributed by atoms with Crippen LogP contribution in [0.5, 0.6) is 11.6 Å². The molecule has 0 spiro atoms. The molecule has 1 fully saturated rings. The highest BCUT2D eigenvalue weighted by Crippen LogP contribution is 2.29. The second-order valence-corrected chi connectivity index (χ2v) is 10.4. The Labute approximate surface area is 258 Å². The van der Waals surface area contributed by atoms with Crippen molar-refractivity contribution >= 4 is 41.0 Å². The summed E-state index contributed by atoms with van der Waals surface area (Å²) in [7, 11) is 0. The summed E-state index contributed by atoms with van der Waals surface area (Å²) in [4.78, 5) is 38.1. The number of thioether (sulfide) groups is 2. The lowest BCUT2D eigenvalue weighted by molar-refractivity contribution is 0.454. The summed E-state index contributed by atoms with van der Waals surface area (Å²) in [5.74, 6) is 22.9. The first-order valence-corrected chi connectivity index (χ1v) is 14.6. The number of nitriles is 2. The number of para-hydroxylation sites is 1. The lowest BCUT2D eigenvalue weighted by atomic mass is 10.3. The molecule has 44 heavy (non-hydrogen) atoms. The molecule has 3 aromatic rings. The van der Waals surface area contributed by atoms with Gasteiger partial charge in [0.25, 0.3) is 0 Å². The standard InChI is InChI=1S/C13H13N7O2S.C11H16N8OS/c14-6-9-11(22-8-4-2-1-3-5-8)17-13(21)18-12(9)23-7-10(19-15)20-16;12-5-7-9(19-3-1-2-4-19)15-11(20)16-10(7)21-6-8(17-13)18-14/h1-5H,7,15-16H2,(H,19,20)(H,17,18,21);1-4,6,13-14H2,(H,17,18)(H,15,16,20). The predicted molar refractivity (Wildman–Crippen MR) is 166 cm³/mol. The number of H-pyrrole nitrogens is 2. The number of hydrogen-bond acceptors (Lipinski definition) is 16. The molecule has 0 atom stereocenters. The summed E-state index contributed by atoms with van der Waals surface area (Å²) < 4.78 is 5.55. The van der Waals surface area contributed by atoms with Gasteiger partial charge in [0.1, 0.15) is 56.6 Å². The van der Waals surface area contributed by atoms with Gasteiger partial charge in [0.15, 0.2) is 0 Å². The van der Waals surface area contributed by atoms with Crippen LogP contribution in [-0.2, 0) is 0 Å². The van der Waals surface area contributed by atoms with E-state index in [0.717, 1.165) is 37.7 Å². The van der Waals surface area contributed by atoms with E-state index in [2.05, 4.69) is 47.1 Å². The van der Waals surface area contributed by atoms with Crippen molar-refractivity contribution in [1.82, 2.24) is 30.8 Å². The third kappa shape index (κ3) is 9.11. The van der Waals surface area contributed by atoms with Crippen molar-refractivity contribution in [3.63, 3.8) is 0 Å². The van der Waals surface area contributed by atoms with Crippen LogP contribution in [0.3, 0.4) is 0 Å². The van der Waals surface area contributed by atoms with Gasteiger partial charge in [-0.3, -0.25) is 9.97 Å². The van der Waals surface area contributed by atoms with Gasteiger partial charge in [0, 0.05) is 13.1 Å². The number of ether oxygens (including phenoxy) is 1. The first-order chi connectivity index (χ1) is 21.4. The number of benzene rings is 1. The quantitative estimate of drug-likeness (QED) is 0.0359. The van der Waals surface area contributed by atoms with Crippen molar-refractivity contribution < 1.29 is 4.74 Å². The Balaban J connectivity index is 0.000000241. The molecule has 1 aromatic carbocycles. The third-order valence-electron chi connectivity index (χ3n) is 5.69.